The highest BCUT2D eigenvalue weighted by Gasteiger charge is 2.35. The van der Waals surface area contributed by atoms with Crippen molar-refractivity contribution >= 4 is 33.4 Å². The number of carbonyl (C=O) groups excluding carboxylic acids is 1. The van der Waals surface area contributed by atoms with Gasteiger partial charge in [-0.15, -0.1) is 0 Å². The molecular weight excluding hydrogens is 334 g/mol. The van der Waals surface area contributed by atoms with Gasteiger partial charge in [0.25, 0.3) is 5.91 Å². The van der Waals surface area contributed by atoms with E-state index in [-0.39, 0.29) is 5.91 Å². The van der Waals surface area contributed by atoms with Crippen LogP contribution in [0, 0.1) is 0 Å². The fourth-order valence-electron chi connectivity index (χ4n) is 1.97. The highest BCUT2D eigenvalue weighted by molar-refractivity contribution is 9.10. The van der Waals surface area contributed by atoms with Gasteiger partial charge in [-0.05, 0) is 34.1 Å². The smallest absolute Gasteiger partial charge is 0.252 e. The average molecular weight is 349 g/mol. The first kappa shape index (κ1) is 14.8. The first-order chi connectivity index (χ1) is 9.06. The predicted molar refractivity (Wildman–Crippen MR) is 76.7 cm³/mol. The minimum atomic E-state index is -0.416. The van der Waals surface area contributed by atoms with Gasteiger partial charge in [0, 0.05) is 36.2 Å². The monoisotopic (exact) mass is 347 g/mol. The van der Waals surface area contributed by atoms with E-state index >= 15 is 0 Å². The number of carbonyl (C=O) groups is 1. The number of benzene rings is 1. The molecule has 104 valence electrons. The second-order valence-electron chi connectivity index (χ2n) is 4.50. The van der Waals surface area contributed by atoms with E-state index in [1.807, 2.05) is 0 Å². The van der Waals surface area contributed by atoms with Crippen LogP contribution in [0.4, 0.5) is 0 Å². The molecule has 0 bridgehead atoms. The van der Waals surface area contributed by atoms with Gasteiger partial charge >= 0.3 is 0 Å². The zero-order valence-corrected chi connectivity index (χ0v) is 12.9. The van der Waals surface area contributed by atoms with Crippen LogP contribution in [-0.4, -0.2) is 38.4 Å². The second kappa shape index (κ2) is 6.22. The Hall–Kier alpha value is -0.620. The topological polar surface area (TPSA) is 47.6 Å². The van der Waals surface area contributed by atoms with Gasteiger partial charge in [-0.2, -0.15) is 0 Å². The van der Waals surface area contributed by atoms with E-state index in [9.17, 15) is 4.79 Å². The van der Waals surface area contributed by atoms with E-state index in [2.05, 4.69) is 21.2 Å². The van der Waals surface area contributed by atoms with Crippen LogP contribution in [0.5, 0.6) is 0 Å². The Morgan fingerprint density at radius 3 is 3.05 bits per heavy atom. The van der Waals surface area contributed by atoms with Crippen LogP contribution in [0.3, 0.4) is 0 Å². The van der Waals surface area contributed by atoms with Gasteiger partial charge in [0.05, 0.1) is 12.2 Å². The zero-order valence-electron chi connectivity index (χ0n) is 10.5. The molecule has 1 aromatic rings. The Morgan fingerprint density at radius 2 is 2.42 bits per heavy atom. The van der Waals surface area contributed by atoms with Crippen LogP contribution in [0.2, 0.25) is 5.02 Å². The molecule has 1 aromatic carbocycles. The molecule has 1 unspecified atom stereocenters. The molecule has 1 heterocycles. The molecule has 0 saturated carbocycles. The Balaban J connectivity index is 2.03. The third kappa shape index (κ3) is 3.48. The van der Waals surface area contributed by atoms with Crippen molar-refractivity contribution in [3.05, 3.63) is 33.3 Å². The van der Waals surface area contributed by atoms with Gasteiger partial charge in [0.15, 0.2) is 0 Å². The van der Waals surface area contributed by atoms with Crippen molar-refractivity contribution in [1.29, 1.82) is 0 Å². The Morgan fingerprint density at radius 1 is 1.63 bits per heavy atom. The third-order valence-electron chi connectivity index (χ3n) is 3.24. The standard InChI is InChI=1S/C13H15BrClNO3/c1-18-13(4-5-19-8-13)7-16-12(17)10-6-9(15)2-3-11(10)14/h2-3,6H,4-5,7-8H2,1H3,(H,16,17). The van der Waals surface area contributed by atoms with Crippen LogP contribution >= 0.6 is 27.5 Å². The molecule has 1 N–H and O–H groups in total. The third-order valence-corrected chi connectivity index (χ3v) is 4.17. The lowest BCUT2D eigenvalue weighted by Crippen LogP contribution is -2.45. The first-order valence-electron chi connectivity index (χ1n) is 5.92. The lowest BCUT2D eigenvalue weighted by Gasteiger charge is -2.25. The van der Waals surface area contributed by atoms with Gasteiger partial charge in [-0.3, -0.25) is 4.79 Å². The number of rotatable bonds is 4. The highest BCUT2D eigenvalue weighted by Crippen LogP contribution is 2.23. The summed E-state index contributed by atoms with van der Waals surface area (Å²) >= 11 is 9.24. The number of ether oxygens (including phenoxy) is 2. The molecule has 1 aliphatic rings. The van der Waals surface area contributed by atoms with E-state index < -0.39 is 5.60 Å². The van der Waals surface area contributed by atoms with E-state index in [1.54, 1.807) is 25.3 Å². The quantitative estimate of drug-likeness (QED) is 0.910. The SMILES string of the molecule is COC1(CNC(=O)c2cc(Cl)ccc2Br)CCOC1. The maximum Gasteiger partial charge on any atom is 0.252 e. The molecule has 1 aliphatic heterocycles. The molecule has 0 radical (unpaired) electrons. The number of hydrogen-bond donors (Lipinski definition) is 1. The number of halogens is 2. The Bertz CT molecular complexity index is 475. The molecule has 1 fully saturated rings. The van der Waals surface area contributed by atoms with E-state index in [0.717, 1.165) is 6.42 Å². The molecule has 6 heteroatoms. The second-order valence-corrected chi connectivity index (χ2v) is 5.79. The molecule has 2 rings (SSSR count). The summed E-state index contributed by atoms with van der Waals surface area (Å²) in [5.74, 6) is -0.183. The number of amides is 1. The van der Waals surface area contributed by atoms with Crippen LogP contribution in [0.25, 0.3) is 0 Å². The van der Waals surface area contributed by atoms with Crippen molar-refractivity contribution in [3.63, 3.8) is 0 Å². The van der Waals surface area contributed by atoms with E-state index in [0.29, 0.717) is 34.8 Å². The van der Waals surface area contributed by atoms with Crippen LogP contribution in [0.1, 0.15) is 16.8 Å². The van der Waals surface area contributed by atoms with Gasteiger partial charge < -0.3 is 14.8 Å². The molecule has 1 amide bonds. The summed E-state index contributed by atoms with van der Waals surface area (Å²) in [6.45, 7) is 1.58. The first-order valence-corrected chi connectivity index (χ1v) is 7.10. The minimum Gasteiger partial charge on any atom is -0.378 e. The molecular formula is C13H15BrClNO3. The van der Waals surface area contributed by atoms with Crippen LogP contribution in [0.15, 0.2) is 22.7 Å². The Labute approximate surface area is 125 Å². The van der Waals surface area contributed by atoms with Crippen LogP contribution < -0.4 is 5.32 Å². The number of methoxy groups -OCH3 is 1. The fraction of sp³-hybridized carbons (Fsp3) is 0.462. The molecule has 0 spiro atoms. The molecule has 0 aromatic heterocycles. The van der Waals surface area contributed by atoms with E-state index in [1.165, 1.54) is 0 Å². The molecule has 0 aliphatic carbocycles. The van der Waals surface area contributed by atoms with Crippen molar-refractivity contribution in [2.24, 2.45) is 0 Å². The summed E-state index contributed by atoms with van der Waals surface area (Å²) in [6.07, 6.45) is 0.778. The van der Waals surface area contributed by atoms with E-state index in [4.69, 9.17) is 21.1 Å². The average Bonchev–Trinajstić information content (AvgIpc) is 2.88. The maximum atomic E-state index is 12.1. The minimum absolute atomic E-state index is 0.183. The summed E-state index contributed by atoms with van der Waals surface area (Å²) in [5.41, 5.74) is 0.0958. The van der Waals surface area contributed by atoms with Gasteiger partial charge in [0.2, 0.25) is 0 Å². The van der Waals surface area contributed by atoms with Gasteiger partial charge in [-0.25, -0.2) is 0 Å². The number of nitrogens with one attached hydrogen (secondary N) is 1. The largest absolute Gasteiger partial charge is 0.378 e. The predicted octanol–water partition coefficient (Wildman–Crippen LogP) is 2.64. The lowest BCUT2D eigenvalue weighted by molar-refractivity contribution is -0.0148. The van der Waals surface area contributed by atoms with Crippen LogP contribution in [-0.2, 0) is 9.47 Å². The lowest BCUT2D eigenvalue weighted by atomic mass is 10.0. The number of hydrogen-bond acceptors (Lipinski definition) is 3. The molecule has 1 saturated heterocycles. The summed E-state index contributed by atoms with van der Waals surface area (Å²) in [7, 11) is 1.64. The summed E-state index contributed by atoms with van der Waals surface area (Å²) in [6, 6.07) is 5.11. The van der Waals surface area contributed by atoms with Crippen molar-refractivity contribution in [1.82, 2.24) is 5.32 Å². The summed E-state index contributed by atoms with van der Waals surface area (Å²) in [4.78, 5) is 12.1. The highest BCUT2D eigenvalue weighted by atomic mass is 79.9. The van der Waals surface area contributed by atoms with Crippen molar-refractivity contribution in [2.75, 3.05) is 26.9 Å². The molecule has 4 nitrogen and oxygen atoms in total. The molecule has 19 heavy (non-hydrogen) atoms. The van der Waals surface area contributed by atoms with Gasteiger partial charge in [0.1, 0.15) is 5.60 Å². The van der Waals surface area contributed by atoms with Crippen molar-refractivity contribution in [2.45, 2.75) is 12.0 Å². The Kier molecular flexibility index (Phi) is 4.84. The van der Waals surface area contributed by atoms with Gasteiger partial charge in [-0.1, -0.05) is 11.6 Å². The van der Waals surface area contributed by atoms with Crippen molar-refractivity contribution < 1.29 is 14.3 Å². The zero-order chi connectivity index (χ0) is 13.9. The maximum absolute atomic E-state index is 12.1. The summed E-state index contributed by atoms with van der Waals surface area (Å²) < 4.78 is 11.5. The summed E-state index contributed by atoms with van der Waals surface area (Å²) in [5, 5.41) is 3.39. The normalized spacial score (nSPS) is 22.5. The van der Waals surface area contributed by atoms with Crippen molar-refractivity contribution in [3.8, 4) is 0 Å². The fourth-order valence-corrected chi connectivity index (χ4v) is 2.57. The molecule has 1 atom stereocenters.